The number of rotatable bonds is 6. The lowest BCUT2D eigenvalue weighted by molar-refractivity contribution is -0.123. The van der Waals surface area contributed by atoms with Crippen molar-refractivity contribution >= 4 is 17.5 Å². The topological polar surface area (TPSA) is 93.5 Å². The van der Waals surface area contributed by atoms with Gasteiger partial charge in [-0.15, -0.1) is 0 Å². The van der Waals surface area contributed by atoms with Crippen LogP contribution in [-0.2, 0) is 9.59 Å². The van der Waals surface area contributed by atoms with Crippen LogP contribution in [0.25, 0.3) is 0 Å². The second-order valence-electron chi connectivity index (χ2n) is 5.58. The molecule has 0 bridgehead atoms. The van der Waals surface area contributed by atoms with Crippen LogP contribution in [0, 0.1) is 0 Å². The van der Waals surface area contributed by atoms with Gasteiger partial charge in [0.25, 0.3) is 5.91 Å². The maximum Gasteiger partial charge on any atom is 0.257 e. The summed E-state index contributed by atoms with van der Waals surface area (Å²) in [6, 6.07) is 6.91. The predicted octanol–water partition coefficient (Wildman–Crippen LogP) is 1.41. The number of nitrogens with one attached hydrogen (secondary N) is 2. The van der Waals surface area contributed by atoms with E-state index in [4.69, 9.17) is 10.5 Å². The van der Waals surface area contributed by atoms with Crippen molar-refractivity contribution in [1.82, 2.24) is 5.32 Å². The molecule has 0 aromatic heterocycles. The SMILES string of the molecule is CCNC(=O)COc1ccc(NC(=O)C2(N)CCCC2)cc1. The van der Waals surface area contributed by atoms with Gasteiger partial charge in [-0.2, -0.15) is 0 Å². The van der Waals surface area contributed by atoms with Gasteiger partial charge in [0.05, 0.1) is 5.54 Å². The summed E-state index contributed by atoms with van der Waals surface area (Å²) < 4.78 is 5.35. The van der Waals surface area contributed by atoms with Gasteiger partial charge in [-0.1, -0.05) is 12.8 Å². The van der Waals surface area contributed by atoms with E-state index in [9.17, 15) is 9.59 Å². The van der Waals surface area contributed by atoms with E-state index in [-0.39, 0.29) is 18.4 Å². The molecule has 1 aromatic carbocycles. The Labute approximate surface area is 130 Å². The van der Waals surface area contributed by atoms with Crippen LogP contribution in [0.4, 0.5) is 5.69 Å². The molecule has 22 heavy (non-hydrogen) atoms. The standard InChI is InChI=1S/C16H23N3O3/c1-2-18-14(20)11-22-13-7-5-12(6-8-13)19-15(21)16(17)9-3-4-10-16/h5-8H,2-4,9-11,17H2,1H3,(H,18,20)(H,19,21). The Kier molecular flexibility index (Phi) is 5.38. The summed E-state index contributed by atoms with van der Waals surface area (Å²) in [5, 5.41) is 5.49. The Morgan fingerprint density at radius 2 is 1.86 bits per heavy atom. The van der Waals surface area contributed by atoms with Crippen LogP contribution in [0.15, 0.2) is 24.3 Å². The van der Waals surface area contributed by atoms with E-state index in [0.29, 0.717) is 18.0 Å². The van der Waals surface area contributed by atoms with Gasteiger partial charge < -0.3 is 21.1 Å². The van der Waals surface area contributed by atoms with Gasteiger partial charge in [-0.3, -0.25) is 9.59 Å². The second kappa shape index (κ2) is 7.26. The van der Waals surface area contributed by atoms with Crippen LogP contribution in [0.2, 0.25) is 0 Å². The van der Waals surface area contributed by atoms with Gasteiger partial charge in [0.1, 0.15) is 5.75 Å². The molecule has 1 fully saturated rings. The first kappa shape index (κ1) is 16.3. The predicted molar refractivity (Wildman–Crippen MR) is 84.6 cm³/mol. The van der Waals surface area contributed by atoms with E-state index >= 15 is 0 Å². The lowest BCUT2D eigenvalue weighted by Gasteiger charge is -2.22. The Hall–Kier alpha value is -2.08. The minimum absolute atomic E-state index is 0.0224. The van der Waals surface area contributed by atoms with Crippen LogP contribution in [-0.4, -0.2) is 30.5 Å². The number of likely N-dealkylation sites (N-methyl/N-ethyl adjacent to an activating group) is 1. The van der Waals surface area contributed by atoms with Crippen molar-refractivity contribution in [2.45, 2.75) is 38.1 Å². The molecule has 0 saturated heterocycles. The third-order valence-electron chi connectivity index (χ3n) is 3.80. The molecule has 2 rings (SSSR count). The number of nitrogens with two attached hydrogens (primary N) is 1. The second-order valence-corrected chi connectivity index (χ2v) is 5.58. The van der Waals surface area contributed by atoms with Gasteiger partial charge in [0.15, 0.2) is 6.61 Å². The highest BCUT2D eigenvalue weighted by atomic mass is 16.5. The maximum absolute atomic E-state index is 12.2. The number of ether oxygens (including phenoxy) is 1. The van der Waals surface area contributed by atoms with Crippen LogP contribution < -0.4 is 21.1 Å². The number of carbonyl (C=O) groups excluding carboxylic acids is 2. The average molecular weight is 305 g/mol. The molecule has 1 aliphatic rings. The highest BCUT2D eigenvalue weighted by Gasteiger charge is 2.36. The smallest absolute Gasteiger partial charge is 0.257 e. The van der Waals surface area contributed by atoms with Crippen molar-refractivity contribution < 1.29 is 14.3 Å². The first-order chi connectivity index (χ1) is 10.5. The molecule has 0 aliphatic heterocycles. The molecule has 2 amide bonds. The lowest BCUT2D eigenvalue weighted by Crippen LogP contribution is -2.48. The minimum atomic E-state index is -0.743. The summed E-state index contributed by atoms with van der Waals surface area (Å²) in [6.07, 6.45) is 3.45. The van der Waals surface area contributed by atoms with E-state index in [1.165, 1.54) is 0 Å². The fraction of sp³-hybridized carbons (Fsp3) is 0.500. The Balaban J connectivity index is 1.86. The number of anilines is 1. The summed E-state index contributed by atoms with van der Waals surface area (Å²) in [6.45, 7) is 2.41. The van der Waals surface area contributed by atoms with Crippen LogP contribution in [0.5, 0.6) is 5.75 Å². The summed E-state index contributed by atoms with van der Waals surface area (Å²) in [7, 11) is 0. The molecule has 4 N–H and O–H groups in total. The van der Waals surface area contributed by atoms with Crippen molar-refractivity contribution in [1.29, 1.82) is 0 Å². The monoisotopic (exact) mass is 305 g/mol. The van der Waals surface area contributed by atoms with Crippen molar-refractivity contribution in [2.24, 2.45) is 5.73 Å². The molecule has 1 aromatic rings. The summed E-state index contributed by atoms with van der Waals surface area (Å²) in [5.74, 6) is 0.278. The highest BCUT2D eigenvalue weighted by Crippen LogP contribution is 2.28. The van der Waals surface area contributed by atoms with Crippen LogP contribution >= 0.6 is 0 Å². The zero-order valence-electron chi connectivity index (χ0n) is 12.9. The number of benzene rings is 1. The van der Waals surface area contributed by atoms with Crippen molar-refractivity contribution in [3.63, 3.8) is 0 Å². The van der Waals surface area contributed by atoms with Gasteiger partial charge in [-0.25, -0.2) is 0 Å². The zero-order valence-corrected chi connectivity index (χ0v) is 12.9. The fourth-order valence-corrected chi connectivity index (χ4v) is 2.52. The summed E-state index contributed by atoms with van der Waals surface area (Å²) >= 11 is 0. The molecule has 1 saturated carbocycles. The van der Waals surface area contributed by atoms with E-state index in [2.05, 4.69) is 10.6 Å². The van der Waals surface area contributed by atoms with E-state index in [0.717, 1.165) is 25.7 Å². The van der Waals surface area contributed by atoms with E-state index in [1.807, 2.05) is 6.92 Å². The maximum atomic E-state index is 12.2. The largest absolute Gasteiger partial charge is 0.484 e. The fourth-order valence-electron chi connectivity index (χ4n) is 2.52. The van der Waals surface area contributed by atoms with Gasteiger partial charge in [0, 0.05) is 12.2 Å². The number of hydrogen-bond donors (Lipinski definition) is 3. The zero-order chi connectivity index (χ0) is 16.0. The molecule has 0 unspecified atom stereocenters. The van der Waals surface area contributed by atoms with Crippen molar-refractivity contribution in [3.8, 4) is 5.75 Å². The quantitative estimate of drug-likeness (QED) is 0.741. The van der Waals surface area contributed by atoms with Gasteiger partial charge in [0.2, 0.25) is 5.91 Å². The van der Waals surface area contributed by atoms with Crippen LogP contribution in [0.1, 0.15) is 32.6 Å². The highest BCUT2D eigenvalue weighted by molar-refractivity contribution is 5.98. The summed E-state index contributed by atoms with van der Waals surface area (Å²) in [5.41, 5.74) is 6.04. The molecule has 0 heterocycles. The lowest BCUT2D eigenvalue weighted by atomic mass is 9.98. The van der Waals surface area contributed by atoms with Crippen LogP contribution in [0.3, 0.4) is 0 Å². The number of amides is 2. The molecule has 0 radical (unpaired) electrons. The van der Waals surface area contributed by atoms with Gasteiger partial charge >= 0.3 is 0 Å². The molecule has 120 valence electrons. The third-order valence-corrected chi connectivity index (χ3v) is 3.80. The van der Waals surface area contributed by atoms with E-state index < -0.39 is 5.54 Å². The first-order valence-corrected chi connectivity index (χ1v) is 7.63. The number of hydrogen-bond acceptors (Lipinski definition) is 4. The van der Waals surface area contributed by atoms with Crippen molar-refractivity contribution in [3.05, 3.63) is 24.3 Å². The summed E-state index contributed by atoms with van der Waals surface area (Å²) in [4.78, 5) is 23.5. The molecule has 6 nitrogen and oxygen atoms in total. The average Bonchev–Trinajstić information content (AvgIpc) is 2.95. The Morgan fingerprint density at radius 1 is 1.23 bits per heavy atom. The molecular formula is C16H23N3O3. The Bertz CT molecular complexity index is 522. The van der Waals surface area contributed by atoms with E-state index in [1.54, 1.807) is 24.3 Å². The molecule has 6 heteroatoms. The van der Waals surface area contributed by atoms with Crippen molar-refractivity contribution in [2.75, 3.05) is 18.5 Å². The third kappa shape index (κ3) is 4.21. The first-order valence-electron chi connectivity index (χ1n) is 7.63. The molecule has 0 spiro atoms. The van der Waals surface area contributed by atoms with Gasteiger partial charge in [-0.05, 0) is 44.0 Å². The molecule has 0 atom stereocenters. The minimum Gasteiger partial charge on any atom is -0.484 e. The number of carbonyl (C=O) groups is 2. The Morgan fingerprint density at radius 3 is 2.45 bits per heavy atom. The normalized spacial score (nSPS) is 16.1. The molecule has 1 aliphatic carbocycles. The molecular weight excluding hydrogens is 282 g/mol.